The Morgan fingerprint density at radius 3 is 2.41 bits per heavy atom. The van der Waals surface area contributed by atoms with Crippen LogP contribution >= 0.6 is 0 Å². The number of fused-ring (bicyclic) bond motifs is 1. The van der Waals surface area contributed by atoms with Gasteiger partial charge in [-0.05, 0) is 36.7 Å². The second-order valence-electron chi connectivity index (χ2n) is 8.65. The van der Waals surface area contributed by atoms with E-state index in [0.29, 0.717) is 24.6 Å². The van der Waals surface area contributed by atoms with E-state index in [1.165, 1.54) is 12.1 Å². The number of halogens is 1. The topological polar surface area (TPSA) is 120 Å². The SMILES string of the molecule is CCCOC(N)=O.C[Si](C)(C)CCOCOc1ccc(N2c3ccccc3NS2(=O)=O)c(F)c1. The summed E-state index contributed by atoms with van der Waals surface area (Å²) in [7, 11) is -5.06. The summed E-state index contributed by atoms with van der Waals surface area (Å²) in [5.41, 5.74) is 5.33. The minimum atomic E-state index is -3.89. The van der Waals surface area contributed by atoms with Crippen molar-refractivity contribution in [2.24, 2.45) is 5.73 Å². The standard InChI is InChI=1S/C18H23FN2O4SSi.C4H9NO2/c1-27(2,3)11-10-24-13-25-14-8-9-17(15(19)12-14)21-18-7-5-4-6-16(18)20-26(21,22)23;1-2-3-7-4(5)6/h4-9,12,20H,10-11,13H2,1-3H3;2-3H2,1H3,(H2,5,6). The molecule has 0 spiro atoms. The summed E-state index contributed by atoms with van der Waals surface area (Å²) in [6, 6.07) is 11.7. The van der Waals surface area contributed by atoms with Crippen molar-refractivity contribution in [3.05, 3.63) is 48.3 Å². The van der Waals surface area contributed by atoms with E-state index in [4.69, 9.17) is 9.47 Å². The van der Waals surface area contributed by atoms with Crippen molar-refractivity contribution in [3.63, 3.8) is 0 Å². The Balaban J connectivity index is 0.000000509. The highest BCUT2D eigenvalue weighted by molar-refractivity contribution is 7.95. The predicted octanol–water partition coefficient (Wildman–Crippen LogP) is 4.82. The smallest absolute Gasteiger partial charge is 0.404 e. The Kier molecular flexibility index (Phi) is 9.71. The molecule has 34 heavy (non-hydrogen) atoms. The number of nitrogens with zero attached hydrogens (tertiary/aromatic N) is 1. The second-order valence-corrected chi connectivity index (χ2v) is 15.8. The van der Waals surface area contributed by atoms with Crippen LogP contribution in [0.25, 0.3) is 0 Å². The van der Waals surface area contributed by atoms with E-state index < -0.39 is 30.2 Å². The number of carbonyl (C=O) groups excluding carboxylic acids is 1. The van der Waals surface area contributed by atoms with Crippen LogP contribution < -0.4 is 19.5 Å². The number of amides is 1. The van der Waals surface area contributed by atoms with Gasteiger partial charge in [0.25, 0.3) is 0 Å². The number of hydrogen-bond donors (Lipinski definition) is 2. The lowest BCUT2D eigenvalue weighted by Crippen LogP contribution is -2.26. The minimum absolute atomic E-state index is 0.0235. The number of rotatable bonds is 9. The third-order valence-electron chi connectivity index (χ3n) is 4.49. The van der Waals surface area contributed by atoms with Gasteiger partial charge < -0.3 is 19.9 Å². The van der Waals surface area contributed by atoms with Gasteiger partial charge in [0.2, 0.25) is 0 Å². The van der Waals surface area contributed by atoms with Crippen molar-refractivity contribution in [1.82, 2.24) is 0 Å². The van der Waals surface area contributed by atoms with E-state index in [0.717, 1.165) is 22.8 Å². The molecule has 2 aromatic carbocycles. The van der Waals surface area contributed by atoms with Crippen LogP contribution in [0.2, 0.25) is 25.7 Å². The van der Waals surface area contributed by atoms with Crippen molar-refractivity contribution in [2.45, 2.75) is 39.0 Å². The van der Waals surface area contributed by atoms with E-state index in [1.54, 1.807) is 24.3 Å². The highest BCUT2D eigenvalue weighted by Gasteiger charge is 2.35. The first-order valence-electron chi connectivity index (χ1n) is 10.8. The fourth-order valence-corrected chi connectivity index (χ4v) is 4.93. The average Bonchev–Trinajstić information content (AvgIpc) is 3.01. The largest absolute Gasteiger partial charge is 0.467 e. The highest BCUT2D eigenvalue weighted by atomic mass is 32.2. The Labute approximate surface area is 201 Å². The van der Waals surface area contributed by atoms with Gasteiger partial charge in [0, 0.05) is 20.7 Å². The Bertz CT molecular complexity index is 1080. The molecule has 0 bridgehead atoms. The van der Waals surface area contributed by atoms with E-state index in [9.17, 15) is 17.6 Å². The van der Waals surface area contributed by atoms with Gasteiger partial charge in [-0.25, -0.2) is 13.5 Å². The van der Waals surface area contributed by atoms with Crippen LogP contribution in [0.15, 0.2) is 42.5 Å². The van der Waals surface area contributed by atoms with Gasteiger partial charge in [0.1, 0.15) is 5.75 Å². The van der Waals surface area contributed by atoms with Gasteiger partial charge in [-0.15, -0.1) is 0 Å². The molecule has 0 saturated heterocycles. The third-order valence-corrected chi connectivity index (χ3v) is 7.55. The van der Waals surface area contributed by atoms with Gasteiger partial charge in [0.15, 0.2) is 12.6 Å². The molecule has 0 atom stereocenters. The molecule has 1 aliphatic heterocycles. The Hall–Kier alpha value is -2.83. The van der Waals surface area contributed by atoms with Crippen molar-refractivity contribution in [3.8, 4) is 5.75 Å². The normalized spacial score (nSPS) is 13.9. The Morgan fingerprint density at radius 1 is 1.12 bits per heavy atom. The molecule has 0 aromatic heterocycles. The maximum Gasteiger partial charge on any atom is 0.404 e. The van der Waals surface area contributed by atoms with Crippen LogP contribution in [-0.4, -0.2) is 42.6 Å². The van der Waals surface area contributed by atoms with Crippen LogP contribution in [0.1, 0.15) is 13.3 Å². The zero-order chi connectivity index (χ0) is 25.4. The first-order valence-corrected chi connectivity index (χ1v) is 15.9. The molecule has 188 valence electrons. The number of ether oxygens (including phenoxy) is 3. The maximum atomic E-state index is 14.6. The summed E-state index contributed by atoms with van der Waals surface area (Å²) in [4.78, 5) is 9.76. The lowest BCUT2D eigenvalue weighted by atomic mass is 10.2. The molecule has 3 N–H and O–H groups in total. The van der Waals surface area contributed by atoms with Gasteiger partial charge in [-0.3, -0.25) is 4.72 Å². The molecule has 1 aliphatic rings. The maximum absolute atomic E-state index is 14.6. The number of nitrogens with one attached hydrogen (secondary N) is 1. The van der Waals surface area contributed by atoms with Gasteiger partial charge in [-0.2, -0.15) is 8.42 Å². The average molecular weight is 514 g/mol. The van der Waals surface area contributed by atoms with Crippen LogP contribution in [0.5, 0.6) is 5.75 Å². The van der Waals surface area contributed by atoms with Crippen LogP contribution in [0, 0.1) is 5.82 Å². The molecule has 9 nitrogen and oxygen atoms in total. The zero-order valence-corrected chi connectivity index (χ0v) is 21.7. The van der Waals surface area contributed by atoms with E-state index in [2.05, 4.69) is 34.8 Å². The molecule has 0 fully saturated rings. The summed E-state index contributed by atoms with van der Waals surface area (Å²) in [6.07, 6.45) is 0.130. The molecule has 0 unspecified atom stereocenters. The monoisotopic (exact) mass is 513 g/mol. The number of nitrogens with two attached hydrogens (primary N) is 1. The molecule has 1 heterocycles. The molecular weight excluding hydrogens is 481 g/mol. The fourth-order valence-electron chi connectivity index (χ4n) is 2.80. The zero-order valence-electron chi connectivity index (χ0n) is 19.8. The molecule has 1 amide bonds. The second kappa shape index (κ2) is 12.0. The molecular formula is C22H32FN3O6SSi. The van der Waals surface area contributed by atoms with Crippen molar-refractivity contribution >= 4 is 41.4 Å². The van der Waals surface area contributed by atoms with Crippen LogP contribution in [0.3, 0.4) is 0 Å². The summed E-state index contributed by atoms with van der Waals surface area (Å²) in [6.45, 7) is 9.72. The third kappa shape index (κ3) is 8.19. The molecule has 0 radical (unpaired) electrons. The van der Waals surface area contributed by atoms with Crippen molar-refractivity contribution in [1.29, 1.82) is 0 Å². The molecule has 0 saturated carbocycles. The van der Waals surface area contributed by atoms with Crippen molar-refractivity contribution < 1.29 is 31.8 Å². The minimum Gasteiger partial charge on any atom is -0.467 e. The number of anilines is 3. The van der Waals surface area contributed by atoms with Crippen LogP contribution in [-0.2, 0) is 19.7 Å². The first-order chi connectivity index (χ1) is 15.9. The fraction of sp³-hybridized carbons (Fsp3) is 0.409. The lowest BCUT2D eigenvalue weighted by Gasteiger charge is -2.18. The summed E-state index contributed by atoms with van der Waals surface area (Å²) < 4.78 is 57.9. The summed E-state index contributed by atoms with van der Waals surface area (Å²) in [5.74, 6) is -0.418. The van der Waals surface area contributed by atoms with E-state index in [-0.39, 0.29) is 18.2 Å². The van der Waals surface area contributed by atoms with Gasteiger partial charge >= 0.3 is 16.3 Å². The molecule has 3 rings (SSSR count). The number of para-hydroxylation sites is 2. The Morgan fingerprint density at radius 2 is 1.82 bits per heavy atom. The molecule has 0 aliphatic carbocycles. The summed E-state index contributed by atoms with van der Waals surface area (Å²) in [5, 5.41) is 0. The van der Waals surface area contributed by atoms with Crippen LogP contribution in [0.4, 0.5) is 26.2 Å². The summed E-state index contributed by atoms with van der Waals surface area (Å²) >= 11 is 0. The number of primary amides is 1. The van der Waals surface area contributed by atoms with E-state index >= 15 is 0 Å². The lowest BCUT2D eigenvalue weighted by molar-refractivity contribution is 0.0219. The predicted molar refractivity (Wildman–Crippen MR) is 133 cm³/mol. The molecule has 2 aromatic rings. The van der Waals surface area contributed by atoms with E-state index in [1.807, 2.05) is 6.92 Å². The van der Waals surface area contributed by atoms with Gasteiger partial charge in [0.05, 0.1) is 23.7 Å². The molecule has 12 heteroatoms. The number of carbonyl (C=O) groups is 1. The quantitative estimate of drug-likeness (QED) is 0.282. The first kappa shape index (κ1) is 27.4. The highest BCUT2D eigenvalue weighted by Crippen LogP contribution is 2.42. The number of hydrogen-bond acceptors (Lipinski definition) is 6. The van der Waals surface area contributed by atoms with Crippen molar-refractivity contribution in [2.75, 3.05) is 29.0 Å². The van der Waals surface area contributed by atoms with Gasteiger partial charge in [-0.1, -0.05) is 38.7 Å². The number of benzene rings is 2.